The topological polar surface area (TPSA) is 35.6 Å². The number of nitrogens with one attached hydrogen (secondary N) is 1. The Labute approximate surface area is 164 Å². The summed E-state index contributed by atoms with van der Waals surface area (Å²) in [6.07, 6.45) is 0. The molecule has 4 rings (SSSR count). The lowest BCUT2D eigenvalue weighted by Gasteiger charge is -2.37. The summed E-state index contributed by atoms with van der Waals surface area (Å²) in [6.45, 7) is 3.85. The highest BCUT2D eigenvalue weighted by molar-refractivity contribution is 6.04. The number of hydrogen-bond acceptors (Lipinski definition) is 3. The predicted molar refractivity (Wildman–Crippen MR) is 112 cm³/mol. The first kappa shape index (κ1) is 18.0. The summed E-state index contributed by atoms with van der Waals surface area (Å²) in [4.78, 5) is 17.0. The molecule has 3 aromatic carbocycles. The molecule has 0 aromatic heterocycles. The molecular formula is C23H22FN3O. The van der Waals surface area contributed by atoms with E-state index in [1.54, 1.807) is 6.07 Å². The number of rotatable bonds is 4. The molecule has 5 heteroatoms. The Balaban J connectivity index is 1.35. The average molecular weight is 375 g/mol. The van der Waals surface area contributed by atoms with Gasteiger partial charge in [0.15, 0.2) is 0 Å². The fourth-order valence-corrected chi connectivity index (χ4v) is 3.45. The van der Waals surface area contributed by atoms with Gasteiger partial charge in [0.25, 0.3) is 5.91 Å². The number of carbonyl (C=O) groups is 1. The maximum Gasteiger partial charge on any atom is 0.255 e. The molecule has 28 heavy (non-hydrogen) atoms. The molecule has 0 radical (unpaired) electrons. The van der Waals surface area contributed by atoms with E-state index in [0.29, 0.717) is 11.3 Å². The van der Waals surface area contributed by atoms with Crippen molar-refractivity contribution in [3.63, 3.8) is 0 Å². The smallest absolute Gasteiger partial charge is 0.255 e. The molecule has 142 valence electrons. The summed E-state index contributed by atoms with van der Waals surface area (Å²) in [5, 5.41) is 2.81. The standard InChI is InChI=1S/C23H22FN3O/c24-19-6-4-5-18(17-19)23(28)25-20-9-11-22(12-10-20)27-15-13-26(14-16-27)21-7-2-1-3-8-21/h1-12,17H,13-16H2,(H,25,28). The lowest BCUT2D eigenvalue weighted by molar-refractivity contribution is 0.102. The Hall–Kier alpha value is -3.34. The van der Waals surface area contributed by atoms with Crippen LogP contribution in [0.25, 0.3) is 0 Å². The molecule has 1 saturated heterocycles. The second-order valence-corrected chi connectivity index (χ2v) is 6.82. The molecule has 0 unspecified atom stereocenters. The van der Waals surface area contributed by atoms with Crippen LogP contribution in [0.5, 0.6) is 0 Å². The van der Waals surface area contributed by atoms with Gasteiger partial charge in [0.2, 0.25) is 0 Å². The van der Waals surface area contributed by atoms with Crippen molar-refractivity contribution < 1.29 is 9.18 Å². The van der Waals surface area contributed by atoms with Gasteiger partial charge in [-0.3, -0.25) is 4.79 Å². The highest BCUT2D eigenvalue weighted by atomic mass is 19.1. The molecule has 0 spiro atoms. The van der Waals surface area contributed by atoms with Crippen LogP contribution in [0.2, 0.25) is 0 Å². The number of hydrogen-bond donors (Lipinski definition) is 1. The second kappa shape index (κ2) is 8.13. The lowest BCUT2D eigenvalue weighted by Crippen LogP contribution is -2.46. The third kappa shape index (κ3) is 4.14. The van der Waals surface area contributed by atoms with E-state index in [0.717, 1.165) is 31.9 Å². The quantitative estimate of drug-likeness (QED) is 0.734. The van der Waals surface area contributed by atoms with Gasteiger partial charge < -0.3 is 15.1 Å². The maximum atomic E-state index is 13.3. The fraction of sp³-hybridized carbons (Fsp3) is 0.174. The van der Waals surface area contributed by atoms with E-state index in [1.807, 2.05) is 30.3 Å². The van der Waals surface area contributed by atoms with Gasteiger partial charge in [0, 0.05) is 48.8 Å². The van der Waals surface area contributed by atoms with Crippen LogP contribution in [0, 0.1) is 5.82 Å². The molecule has 1 N–H and O–H groups in total. The van der Waals surface area contributed by atoms with Crippen LogP contribution in [0.3, 0.4) is 0 Å². The van der Waals surface area contributed by atoms with E-state index in [9.17, 15) is 9.18 Å². The molecule has 1 fully saturated rings. The first-order valence-corrected chi connectivity index (χ1v) is 9.41. The number of benzene rings is 3. The Morgan fingerprint density at radius 1 is 0.750 bits per heavy atom. The van der Waals surface area contributed by atoms with Crippen molar-refractivity contribution in [1.82, 2.24) is 0 Å². The maximum absolute atomic E-state index is 13.3. The zero-order valence-corrected chi connectivity index (χ0v) is 15.5. The van der Waals surface area contributed by atoms with Gasteiger partial charge in [0.1, 0.15) is 5.82 Å². The first-order valence-electron chi connectivity index (χ1n) is 9.41. The summed E-state index contributed by atoms with van der Waals surface area (Å²) in [6, 6.07) is 23.9. The van der Waals surface area contributed by atoms with Crippen LogP contribution in [0.15, 0.2) is 78.9 Å². The fourth-order valence-electron chi connectivity index (χ4n) is 3.45. The number of para-hydroxylation sites is 1. The van der Waals surface area contributed by atoms with Crippen molar-refractivity contribution in [2.24, 2.45) is 0 Å². The van der Waals surface area contributed by atoms with Gasteiger partial charge in [-0.1, -0.05) is 24.3 Å². The lowest BCUT2D eigenvalue weighted by atomic mass is 10.2. The molecule has 4 nitrogen and oxygen atoms in total. The van der Waals surface area contributed by atoms with Gasteiger partial charge in [0.05, 0.1) is 0 Å². The van der Waals surface area contributed by atoms with E-state index in [1.165, 1.54) is 23.9 Å². The third-order valence-electron chi connectivity index (χ3n) is 4.98. The minimum absolute atomic E-state index is 0.307. The van der Waals surface area contributed by atoms with Crippen molar-refractivity contribution in [2.75, 3.05) is 41.3 Å². The Morgan fingerprint density at radius 2 is 1.36 bits per heavy atom. The molecule has 1 aliphatic rings. The number of carbonyl (C=O) groups excluding carboxylic acids is 1. The SMILES string of the molecule is O=C(Nc1ccc(N2CCN(c3ccccc3)CC2)cc1)c1cccc(F)c1. The number of anilines is 3. The molecule has 0 bridgehead atoms. The third-order valence-corrected chi connectivity index (χ3v) is 4.98. The zero-order valence-electron chi connectivity index (χ0n) is 15.5. The van der Waals surface area contributed by atoms with Crippen LogP contribution < -0.4 is 15.1 Å². The number of nitrogens with zero attached hydrogens (tertiary/aromatic N) is 2. The molecule has 1 amide bonds. The summed E-state index contributed by atoms with van der Waals surface area (Å²) in [7, 11) is 0. The van der Waals surface area contributed by atoms with E-state index >= 15 is 0 Å². The van der Waals surface area contributed by atoms with Crippen molar-refractivity contribution in [3.05, 3.63) is 90.2 Å². The minimum atomic E-state index is -0.419. The Kier molecular flexibility index (Phi) is 5.24. The normalized spacial score (nSPS) is 14.0. The van der Waals surface area contributed by atoms with Gasteiger partial charge in [-0.05, 0) is 54.6 Å². The minimum Gasteiger partial charge on any atom is -0.368 e. The summed E-state index contributed by atoms with van der Waals surface area (Å²) < 4.78 is 13.3. The summed E-state index contributed by atoms with van der Waals surface area (Å²) in [5.41, 5.74) is 3.40. The molecule has 0 aliphatic carbocycles. The van der Waals surface area contributed by atoms with E-state index in [-0.39, 0.29) is 5.91 Å². The molecular weight excluding hydrogens is 353 g/mol. The van der Waals surface area contributed by atoms with Gasteiger partial charge in [-0.2, -0.15) is 0 Å². The first-order chi connectivity index (χ1) is 13.7. The van der Waals surface area contributed by atoms with Gasteiger partial charge in [-0.25, -0.2) is 4.39 Å². The van der Waals surface area contributed by atoms with E-state index in [2.05, 4.69) is 39.4 Å². The number of halogens is 1. The summed E-state index contributed by atoms with van der Waals surface area (Å²) >= 11 is 0. The monoisotopic (exact) mass is 375 g/mol. The van der Waals surface area contributed by atoms with E-state index in [4.69, 9.17) is 0 Å². The van der Waals surface area contributed by atoms with E-state index < -0.39 is 5.82 Å². The highest BCUT2D eigenvalue weighted by Gasteiger charge is 2.17. The molecule has 3 aromatic rings. The van der Waals surface area contributed by atoms with Crippen LogP contribution in [0.1, 0.15) is 10.4 Å². The Bertz CT molecular complexity index is 936. The second-order valence-electron chi connectivity index (χ2n) is 6.82. The summed E-state index contributed by atoms with van der Waals surface area (Å²) in [5.74, 6) is -0.735. The Morgan fingerprint density at radius 3 is 1.96 bits per heavy atom. The average Bonchev–Trinajstić information content (AvgIpc) is 2.75. The molecule has 0 atom stereocenters. The van der Waals surface area contributed by atoms with Crippen molar-refractivity contribution in [3.8, 4) is 0 Å². The van der Waals surface area contributed by atoms with Crippen LogP contribution >= 0.6 is 0 Å². The largest absolute Gasteiger partial charge is 0.368 e. The van der Waals surface area contributed by atoms with Crippen molar-refractivity contribution >= 4 is 23.0 Å². The van der Waals surface area contributed by atoms with Crippen molar-refractivity contribution in [1.29, 1.82) is 0 Å². The van der Waals surface area contributed by atoms with Crippen LogP contribution in [-0.4, -0.2) is 32.1 Å². The van der Waals surface area contributed by atoms with Gasteiger partial charge >= 0.3 is 0 Å². The van der Waals surface area contributed by atoms with Crippen molar-refractivity contribution in [2.45, 2.75) is 0 Å². The zero-order chi connectivity index (χ0) is 19.3. The van der Waals surface area contributed by atoms with Crippen LogP contribution in [0.4, 0.5) is 21.5 Å². The van der Waals surface area contributed by atoms with Crippen LogP contribution in [-0.2, 0) is 0 Å². The highest BCUT2D eigenvalue weighted by Crippen LogP contribution is 2.22. The molecule has 1 aliphatic heterocycles. The van der Waals surface area contributed by atoms with Gasteiger partial charge in [-0.15, -0.1) is 0 Å². The number of amides is 1. The molecule has 0 saturated carbocycles. The predicted octanol–water partition coefficient (Wildman–Crippen LogP) is 4.40. The molecule has 1 heterocycles. The number of piperazine rings is 1.